The first-order valence-electron chi connectivity index (χ1n) is 7.07. The maximum absolute atomic E-state index is 3.41. The Hall–Kier alpha value is -1.60. The van der Waals surface area contributed by atoms with E-state index in [1.54, 1.807) is 0 Å². The van der Waals surface area contributed by atoms with Crippen LogP contribution >= 0.6 is 0 Å². The van der Waals surface area contributed by atoms with Crippen LogP contribution in [0.3, 0.4) is 0 Å². The minimum absolute atomic E-state index is 0.464. The molecule has 2 aromatic rings. The van der Waals surface area contributed by atoms with Crippen LogP contribution in [0.5, 0.6) is 0 Å². The Balaban J connectivity index is 1.85. The highest BCUT2D eigenvalue weighted by Gasteiger charge is 2.07. The zero-order chi connectivity index (χ0) is 13.5. The van der Waals surface area contributed by atoms with Crippen LogP contribution in [-0.2, 0) is 6.42 Å². The molecule has 0 aliphatic carbocycles. The Morgan fingerprint density at radius 1 is 0.947 bits per heavy atom. The van der Waals surface area contributed by atoms with Crippen LogP contribution in [0.15, 0.2) is 54.6 Å². The van der Waals surface area contributed by atoms with Gasteiger partial charge in [0.05, 0.1) is 0 Å². The number of rotatable bonds is 6. The lowest BCUT2D eigenvalue weighted by Crippen LogP contribution is -2.16. The highest BCUT2D eigenvalue weighted by Crippen LogP contribution is 2.19. The molecule has 0 spiro atoms. The van der Waals surface area contributed by atoms with Gasteiger partial charge in [0.25, 0.3) is 0 Å². The third-order valence-electron chi connectivity index (χ3n) is 3.63. The molecule has 2 rings (SSSR count). The summed E-state index contributed by atoms with van der Waals surface area (Å²) in [7, 11) is 2.05. The van der Waals surface area contributed by atoms with Gasteiger partial charge in [0.2, 0.25) is 0 Å². The minimum Gasteiger partial charge on any atom is -0.313 e. The maximum Gasteiger partial charge on any atom is 0.0317 e. The van der Waals surface area contributed by atoms with Gasteiger partial charge in [0.15, 0.2) is 0 Å². The van der Waals surface area contributed by atoms with E-state index in [0.717, 1.165) is 6.42 Å². The molecule has 1 N–H and O–H groups in total. The summed E-state index contributed by atoms with van der Waals surface area (Å²) < 4.78 is 0. The monoisotopic (exact) mass is 253 g/mol. The fourth-order valence-corrected chi connectivity index (χ4v) is 2.43. The van der Waals surface area contributed by atoms with E-state index in [1.807, 2.05) is 7.05 Å². The third kappa shape index (κ3) is 4.22. The van der Waals surface area contributed by atoms with Crippen molar-refractivity contribution >= 4 is 0 Å². The molecule has 1 unspecified atom stereocenters. The average molecular weight is 253 g/mol. The van der Waals surface area contributed by atoms with Crippen molar-refractivity contribution in [2.24, 2.45) is 0 Å². The molecule has 0 aliphatic rings. The van der Waals surface area contributed by atoms with E-state index < -0.39 is 0 Å². The molecule has 0 saturated carbocycles. The van der Waals surface area contributed by atoms with Crippen molar-refractivity contribution in [2.75, 3.05) is 7.05 Å². The summed E-state index contributed by atoms with van der Waals surface area (Å²) in [5, 5.41) is 3.41. The van der Waals surface area contributed by atoms with Gasteiger partial charge in [-0.1, -0.05) is 60.2 Å². The van der Waals surface area contributed by atoms with Crippen molar-refractivity contribution in [3.05, 3.63) is 71.3 Å². The number of aryl methyl sites for hydroxylation is 2. The average Bonchev–Trinajstić information content (AvgIpc) is 2.46. The second-order valence-electron chi connectivity index (χ2n) is 5.13. The first kappa shape index (κ1) is 13.8. The fraction of sp³-hybridized carbons (Fsp3) is 0.333. The quantitative estimate of drug-likeness (QED) is 0.810. The summed E-state index contributed by atoms with van der Waals surface area (Å²) in [4.78, 5) is 0. The Kier molecular flexibility index (Phi) is 5.17. The molecule has 0 bridgehead atoms. The summed E-state index contributed by atoms with van der Waals surface area (Å²) in [6.07, 6.45) is 3.54. The van der Waals surface area contributed by atoms with Crippen molar-refractivity contribution in [3.8, 4) is 0 Å². The molecular weight excluding hydrogens is 230 g/mol. The van der Waals surface area contributed by atoms with E-state index in [1.165, 1.54) is 29.5 Å². The summed E-state index contributed by atoms with van der Waals surface area (Å²) in [5.41, 5.74) is 4.16. The molecule has 2 aromatic carbocycles. The van der Waals surface area contributed by atoms with Gasteiger partial charge in [-0.2, -0.15) is 0 Å². The van der Waals surface area contributed by atoms with Gasteiger partial charge in [-0.3, -0.25) is 0 Å². The lowest BCUT2D eigenvalue weighted by atomic mass is 9.99. The Morgan fingerprint density at radius 3 is 2.26 bits per heavy atom. The second-order valence-corrected chi connectivity index (χ2v) is 5.13. The number of hydrogen-bond donors (Lipinski definition) is 1. The van der Waals surface area contributed by atoms with E-state index in [2.05, 4.69) is 66.8 Å². The number of benzene rings is 2. The van der Waals surface area contributed by atoms with E-state index in [4.69, 9.17) is 0 Å². The lowest BCUT2D eigenvalue weighted by molar-refractivity contribution is 0.527. The molecule has 1 heteroatoms. The van der Waals surface area contributed by atoms with E-state index in [9.17, 15) is 0 Å². The van der Waals surface area contributed by atoms with Crippen LogP contribution in [-0.4, -0.2) is 7.05 Å². The fourth-order valence-electron chi connectivity index (χ4n) is 2.43. The van der Waals surface area contributed by atoms with Gasteiger partial charge in [-0.25, -0.2) is 0 Å². The first-order chi connectivity index (χ1) is 9.29. The van der Waals surface area contributed by atoms with E-state index in [-0.39, 0.29) is 0 Å². The Bertz CT molecular complexity index is 473. The van der Waals surface area contributed by atoms with Crippen LogP contribution in [0.2, 0.25) is 0 Å². The minimum atomic E-state index is 0.464. The van der Waals surface area contributed by atoms with Gasteiger partial charge in [0, 0.05) is 6.04 Å². The Morgan fingerprint density at radius 2 is 1.63 bits per heavy atom. The number of hydrogen-bond acceptors (Lipinski definition) is 1. The summed E-state index contributed by atoms with van der Waals surface area (Å²) in [5.74, 6) is 0. The number of nitrogens with one attached hydrogen (secondary N) is 1. The summed E-state index contributed by atoms with van der Waals surface area (Å²) in [6.45, 7) is 2.14. The molecular formula is C18H23N. The molecule has 0 saturated heterocycles. The molecule has 0 aromatic heterocycles. The van der Waals surface area contributed by atoms with Crippen LogP contribution in [0.1, 0.15) is 35.6 Å². The van der Waals surface area contributed by atoms with Crippen LogP contribution < -0.4 is 5.32 Å². The zero-order valence-corrected chi connectivity index (χ0v) is 11.9. The van der Waals surface area contributed by atoms with Crippen LogP contribution in [0.25, 0.3) is 0 Å². The normalized spacial score (nSPS) is 12.3. The molecule has 100 valence electrons. The van der Waals surface area contributed by atoms with Crippen LogP contribution in [0.4, 0.5) is 0 Å². The van der Waals surface area contributed by atoms with Gasteiger partial charge in [-0.05, 0) is 44.4 Å². The van der Waals surface area contributed by atoms with E-state index in [0.29, 0.717) is 6.04 Å². The molecule has 19 heavy (non-hydrogen) atoms. The van der Waals surface area contributed by atoms with Crippen molar-refractivity contribution in [2.45, 2.75) is 32.2 Å². The van der Waals surface area contributed by atoms with Gasteiger partial charge in [0.1, 0.15) is 0 Å². The molecule has 0 radical (unpaired) electrons. The SMILES string of the molecule is CNC(CCCc1ccc(C)cc1)c1ccccc1. The van der Waals surface area contributed by atoms with Gasteiger partial charge < -0.3 is 5.32 Å². The van der Waals surface area contributed by atoms with Crippen molar-refractivity contribution in [1.82, 2.24) is 5.32 Å². The predicted molar refractivity (Wildman–Crippen MR) is 82.4 cm³/mol. The molecule has 0 amide bonds. The lowest BCUT2D eigenvalue weighted by Gasteiger charge is -2.16. The Labute approximate surface area is 116 Å². The molecule has 0 fully saturated rings. The largest absolute Gasteiger partial charge is 0.313 e. The van der Waals surface area contributed by atoms with Gasteiger partial charge >= 0.3 is 0 Å². The van der Waals surface area contributed by atoms with Crippen molar-refractivity contribution in [3.63, 3.8) is 0 Å². The summed E-state index contributed by atoms with van der Waals surface area (Å²) in [6, 6.07) is 20.0. The van der Waals surface area contributed by atoms with E-state index >= 15 is 0 Å². The summed E-state index contributed by atoms with van der Waals surface area (Å²) >= 11 is 0. The van der Waals surface area contributed by atoms with Crippen molar-refractivity contribution < 1.29 is 0 Å². The second kappa shape index (κ2) is 7.10. The first-order valence-corrected chi connectivity index (χ1v) is 7.07. The molecule has 0 aliphatic heterocycles. The smallest absolute Gasteiger partial charge is 0.0317 e. The van der Waals surface area contributed by atoms with Crippen LogP contribution in [0, 0.1) is 6.92 Å². The standard InChI is InChI=1S/C18H23N/c1-15-11-13-16(14-12-15)7-6-10-18(19-2)17-8-4-3-5-9-17/h3-5,8-9,11-14,18-19H,6-7,10H2,1-2H3. The van der Waals surface area contributed by atoms with Gasteiger partial charge in [-0.15, -0.1) is 0 Å². The molecule has 1 atom stereocenters. The third-order valence-corrected chi connectivity index (χ3v) is 3.63. The molecule has 1 nitrogen and oxygen atoms in total. The van der Waals surface area contributed by atoms with Crippen molar-refractivity contribution in [1.29, 1.82) is 0 Å². The maximum atomic E-state index is 3.41. The topological polar surface area (TPSA) is 12.0 Å². The zero-order valence-electron chi connectivity index (χ0n) is 11.9. The highest BCUT2D eigenvalue weighted by molar-refractivity contribution is 5.22. The predicted octanol–water partition coefficient (Wildman–Crippen LogP) is 4.28. The molecule has 0 heterocycles. The highest BCUT2D eigenvalue weighted by atomic mass is 14.9.